The van der Waals surface area contributed by atoms with Crippen molar-refractivity contribution in [1.29, 1.82) is 0 Å². The molecule has 1 N–H and O–H groups in total. The molecular weight excluding hydrogens is 271 g/mol. The molecule has 0 aliphatic rings. The topological polar surface area (TPSA) is 137 Å². The molecule has 0 bridgehead atoms. The number of hydrogen-bond donors (Lipinski definition) is 1. The van der Waals surface area contributed by atoms with Crippen LogP contribution in [0.3, 0.4) is 0 Å². The van der Waals surface area contributed by atoms with Crippen molar-refractivity contribution >= 4 is 51.9 Å². The van der Waals surface area contributed by atoms with Gasteiger partial charge in [0.2, 0.25) is 5.75 Å². The van der Waals surface area contributed by atoms with E-state index < -0.39 is 26.9 Å². The number of fused-ring (bicyclic) bond motifs is 1. The first kappa shape index (κ1) is 15.1. The number of rotatable bonds is 2. The van der Waals surface area contributed by atoms with Crippen LogP contribution in [0.15, 0.2) is 27.4 Å². The molecule has 1 radical (unpaired) electrons. The summed E-state index contributed by atoms with van der Waals surface area (Å²) in [6, 6.07) is 3.02. The third-order valence-electron chi connectivity index (χ3n) is 2.23. The molecule has 0 saturated carbocycles. The Morgan fingerprint density at radius 2 is 1.79 bits per heavy atom. The maximum atomic E-state index is 11.2. The van der Waals surface area contributed by atoms with Crippen molar-refractivity contribution in [2.45, 2.75) is 0 Å². The summed E-state index contributed by atoms with van der Waals surface area (Å²) in [5.74, 6) is -0.949. The van der Waals surface area contributed by atoms with Gasteiger partial charge in [0.25, 0.3) is 5.69 Å². The van der Waals surface area contributed by atoms with Gasteiger partial charge in [0.05, 0.1) is 15.2 Å². The van der Waals surface area contributed by atoms with Crippen molar-refractivity contribution in [3.8, 4) is 5.75 Å². The first-order valence-electron chi connectivity index (χ1n) is 4.50. The van der Waals surface area contributed by atoms with Gasteiger partial charge in [-0.3, -0.25) is 20.2 Å². The number of nitro groups is 2. The maximum absolute atomic E-state index is 11.2. The van der Waals surface area contributed by atoms with E-state index in [0.29, 0.717) is 0 Å². The van der Waals surface area contributed by atoms with Crippen molar-refractivity contribution < 1.29 is 19.4 Å². The van der Waals surface area contributed by atoms with Crippen molar-refractivity contribution in [3.63, 3.8) is 0 Å². The molecule has 1 heterocycles. The van der Waals surface area contributed by atoms with Gasteiger partial charge in [-0.15, -0.1) is 0 Å². The van der Waals surface area contributed by atoms with Gasteiger partial charge in [-0.05, 0) is 6.07 Å². The minimum absolute atomic E-state index is 0. The second-order valence-corrected chi connectivity index (χ2v) is 3.28. The third kappa shape index (κ3) is 2.57. The normalized spacial score (nSPS) is 9.89. The first-order valence-corrected chi connectivity index (χ1v) is 4.50. The molecular formula is C9H4N2NaO7. The van der Waals surface area contributed by atoms with Crippen LogP contribution in [0, 0.1) is 20.2 Å². The zero-order chi connectivity index (χ0) is 13.4. The van der Waals surface area contributed by atoms with Crippen molar-refractivity contribution in [1.82, 2.24) is 0 Å². The van der Waals surface area contributed by atoms with Gasteiger partial charge in [-0.25, -0.2) is 4.79 Å². The number of non-ortho nitro benzene ring substituents is 1. The number of nitro benzene ring substituents is 1. The molecule has 1 aromatic carbocycles. The fraction of sp³-hybridized carbons (Fsp3) is 0. The zero-order valence-electron chi connectivity index (χ0n) is 9.52. The molecule has 0 aliphatic carbocycles. The van der Waals surface area contributed by atoms with E-state index in [-0.39, 0.29) is 46.2 Å². The molecule has 19 heavy (non-hydrogen) atoms. The minimum Gasteiger partial charge on any atom is -0.501 e. The number of benzene rings is 1. The van der Waals surface area contributed by atoms with Crippen LogP contribution in [0.5, 0.6) is 5.75 Å². The van der Waals surface area contributed by atoms with Gasteiger partial charge < -0.3 is 9.52 Å². The average Bonchev–Trinajstić information content (AvgIpc) is 2.27. The fourth-order valence-electron chi connectivity index (χ4n) is 1.44. The van der Waals surface area contributed by atoms with E-state index in [1.54, 1.807) is 0 Å². The number of hydrogen-bond acceptors (Lipinski definition) is 7. The summed E-state index contributed by atoms with van der Waals surface area (Å²) in [5, 5.41) is 30.4. The molecule has 0 atom stereocenters. The molecule has 0 amide bonds. The summed E-state index contributed by atoms with van der Waals surface area (Å²) in [7, 11) is 0. The number of aromatic hydroxyl groups is 1. The van der Waals surface area contributed by atoms with Crippen molar-refractivity contribution in [2.75, 3.05) is 0 Å². The Hall–Kier alpha value is -1.97. The Morgan fingerprint density at radius 3 is 2.32 bits per heavy atom. The van der Waals surface area contributed by atoms with E-state index >= 15 is 0 Å². The minimum atomic E-state index is -1.32. The van der Waals surface area contributed by atoms with Crippen LogP contribution >= 0.6 is 0 Å². The van der Waals surface area contributed by atoms with Crippen LogP contribution in [0.25, 0.3) is 11.0 Å². The summed E-state index contributed by atoms with van der Waals surface area (Å²) in [5.41, 5.74) is -3.03. The molecule has 0 fully saturated rings. The third-order valence-corrected chi connectivity index (χ3v) is 2.23. The number of nitrogens with zero attached hydrogens (tertiary/aromatic N) is 2. The van der Waals surface area contributed by atoms with E-state index in [2.05, 4.69) is 4.42 Å². The maximum Gasteiger partial charge on any atom is 0.419 e. The van der Waals surface area contributed by atoms with Crippen molar-refractivity contribution in [2.24, 2.45) is 0 Å². The standard InChI is InChI=1S/C9H4N2O7.Na/c12-8-5-3-4(10(14)15)1-2-6(5)18-9(13)7(8)11(16)17;/h1-3,12H;. The molecule has 10 heteroatoms. The van der Waals surface area contributed by atoms with E-state index in [9.17, 15) is 30.1 Å². The predicted octanol–water partition coefficient (Wildman–Crippen LogP) is 0.934. The van der Waals surface area contributed by atoms with Gasteiger partial charge in [0.15, 0.2) is 0 Å². The largest absolute Gasteiger partial charge is 0.501 e. The summed E-state index contributed by atoms with van der Waals surface area (Å²) in [6.45, 7) is 0. The molecule has 93 valence electrons. The Bertz CT molecular complexity index is 739. The molecule has 1 aromatic heterocycles. The van der Waals surface area contributed by atoms with Gasteiger partial charge in [0, 0.05) is 41.7 Å². The van der Waals surface area contributed by atoms with Crippen LogP contribution in [0.2, 0.25) is 0 Å². The Kier molecular flexibility index (Phi) is 4.24. The summed E-state index contributed by atoms with van der Waals surface area (Å²) < 4.78 is 4.59. The van der Waals surface area contributed by atoms with Gasteiger partial charge in [-0.2, -0.15) is 0 Å². The van der Waals surface area contributed by atoms with E-state index in [0.717, 1.165) is 18.2 Å². The Balaban J connectivity index is 0.00000180. The molecule has 9 nitrogen and oxygen atoms in total. The monoisotopic (exact) mass is 275 g/mol. The van der Waals surface area contributed by atoms with Crippen LogP contribution in [0.4, 0.5) is 11.4 Å². The SMILES string of the molecule is O=c1oc2ccc([N+](=O)[O-])cc2c(O)c1[N+](=O)[O-].[Na]. The second-order valence-electron chi connectivity index (χ2n) is 3.28. The fourth-order valence-corrected chi connectivity index (χ4v) is 1.44. The zero-order valence-corrected chi connectivity index (χ0v) is 11.5. The van der Waals surface area contributed by atoms with Crippen LogP contribution < -0.4 is 5.63 Å². The molecule has 2 aromatic rings. The van der Waals surface area contributed by atoms with Gasteiger partial charge in [0.1, 0.15) is 5.58 Å². The van der Waals surface area contributed by atoms with E-state index in [1.165, 1.54) is 0 Å². The quantitative estimate of drug-likeness (QED) is 0.372. The van der Waals surface area contributed by atoms with Crippen molar-refractivity contribution in [3.05, 3.63) is 48.8 Å². The molecule has 0 spiro atoms. The van der Waals surface area contributed by atoms with Gasteiger partial charge in [-0.1, -0.05) is 0 Å². The van der Waals surface area contributed by atoms with Crippen LogP contribution in [-0.4, -0.2) is 44.5 Å². The predicted molar refractivity (Wildman–Crippen MR) is 63.2 cm³/mol. The average molecular weight is 275 g/mol. The van der Waals surface area contributed by atoms with E-state index in [1.807, 2.05) is 0 Å². The van der Waals surface area contributed by atoms with Crippen LogP contribution in [0.1, 0.15) is 0 Å². The Morgan fingerprint density at radius 1 is 1.16 bits per heavy atom. The smallest absolute Gasteiger partial charge is 0.419 e. The van der Waals surface area contributed by atoms with E-state index in [4.69, 9.17) is 0 Å². The molecule has 0 aliphatic heterocycles. The summed E-state index contributed by atoms with van der Waals surface area (Å²) in [4.78, 5) is 30.5. The molecule has 2 rings (SSSR count). The summed E-state index contributed by atoms with van der Waals surface area (Å²) in [6.07, 6.45) is 0. The summed E-state index contributed by atoms with van der Waals surface area (Å²) >= 11 is 0. The second kappa shape index (κ2) is 5.34. The van der Waals surface area contributed by atoms with Gasteiger partial charge >= 0.3 is 11.3 Å². The molecule has 0 saturated heterocycles. The Labute approximate surface area is 126 Å². The van der Waals surface area contributed by atoms with Crippen LogP contribution in [-0.2, 0) is 0 Å². The molecule has 0 unspecified atom stereocenters. The first-order chi connectivity index (χ1) is 8.41.